The van der Waals surface area contributed by atoms with Crippen LogP contribution in [0, 0.1) is 5.82 Å². The third-order valence-corrected chi connectivity index (χ3v) is 6.36. The first-order valence-corrected chi connectivity index (χ1v) is 10.5. The standard InChI is InChI=1S/C20H14FN3O4S2/c1-2-10-29-20-23-22-19(30-20)24-15(11-5-7-12(21)8-6-11)14(17(26)18(24)27)16(25)13-4-3-9-28-13/h2-9,15,26H,1,10H2/t15-/m1/s1. The van der Waals surface area contributed by atoms with E-state index in [1.807, 2.05) is 0 Å². The van der Waals surface area contributed by atoms with E-state index < -0.39 is 29.3 Å². The van der Waals surface area contributed by atoms with Gasteiger partial charge < -0.3 is 9.52 Å². The van der Waals surface area contributed by atoms with Crippen LogP contribution in [0.1, 0.15) is 22.2 Å². The number of halogens is 1. The Labute approximate surface area is 178 Å². The molecule has 0 bridgehead atoms. The van der Waals surface area contributed by atoms with E-state index in [0.717, 1.165) is 11.3 Å². The smallest absolute Gasteiger partial charge is 0.296 e. The highest BCUT2D eigenvalue weighted by molar-refractivity contribution is 8.01. The average molecular weight is 443 g/mol. The monoisotopic (exact) mass is 443 g/mol. The topological polar surface area (TPSA) is 96.5 Å². The number of thioether (sulfide) groups is 1. The molecule has 0 fully saturated rings. The van der Waals surface area contributed by atoms with E-state index in [1.54, 1.807) is 6.08 Å². The zero-order chi connectivity index (χ0) is 21.3. The quantitative estimate of drug-likeness (QED) is 0.251. The minimum absolute atomic E-state index is 0.0298. The van der Waals surface area contributed by atoms with Gasteiger partial charge in [0.15, 0.2) is 15.9 Å². The Kier molecular flexibility index (Phi) is 5.51. The Morgan fingerprint density at radius 2 is 2.10 bits per heavy atom. The van der Waals surface area contributed by atoms with Crippen LogP contribution in [0.3, 0.4) is 0 Å². The summed E-state index contributed by atoms with van der Waals surface area (Å²) in [4.78, 5) is 27.2. The van der Waals surface area contributed by atoms with Crippen LogP contribution in [0.25, 0.3) is 0 Å². The van der Waals surface area contributed by atoms with Gasteiger partial charge in [-0.2, -0.15) is 0 Å². The Bertz CT molecular complexity index is 1140. The largest absolute Gasteiger partial charge is 0.503 e. The van der Waals surface area contributed by atoms with Gasteiger partial charge in [0.1, 0.15) is 5.82 Å². The number of rotatable bonds is 7. The lowest BCUT2D eigenvalue weighted by atomic mass is 9.95. The van der Waals surface area contributed by atoms with Gasteiger partial charge >= 0.3 is 0 Å². The highest BCUT2D eigenvalue weighted by atomic mass is 32.2. The second-order valence-corrected chi connectivity index (χ2v) is 8.37. The minimum Gasteiger partial charge on any atom is -0.503 e. The maximum atomic E-state index is 13.5. The molecule has 0 saturated heterocycles. The van der Waals surface area contributed by atoms with Crippen molar-refractivity contribution in [3.8, 4) is 0 Å². The van der Waals surface area contributed by atoms with Crippen LogP contribution in [0.2, 0.25) is 0 Å². The molecule has 3 aromatic rings. The first kappa shape index (κ1) is 20.0. The molecule has 30 heavy (non-hydrogen) atoms. The van der Waals surface area contributed by atoms with Crippen molar-refractivity contribution in [2.75, 3.05) is 10.7 Å². The van der Waals surface area contributed by atoms with Crippen molar-refractivity contribution >= 4 is 39.9 Å². The molecule has 1 atom stereocenters. The van der Waals surface area contributed by atoms with Gasteiger partial charge in [0, 0.05) is 5.75 Å². The molecule has 1 aliphatic heterocycles. The predicted octanol–water partition coefficient (Wildman–Crippen LogP) is 4.33. The average Bonchev–Trinajstić information content (AvgIpc) is 3.48. The first-order valence-electron chi connectivity index (χ1n) is 8.68. The van der Waals surface area contributed by atoms with E-state index in [9.17, 15) is 19.1 Å². The van der Waals surface area contributed by atoms with Crippen LogP contribution >= 0.6 is 23.1 Å². The van der Waals surface area contributed by atoms with Gasteiger partial charge in [0.25, 0.3) is 5.91 Å². The lowest BCUT2D eigenvalue weighted by Gasteiger charge is -2.23. The number of anilines is 1. The molecule has 7 nitrogen and oxygen atoms in total. The summed E-state index contributed by atoms with van der Waals surface area (Å²) >= 11 is 2.53. The fourth-order valence-electron chi connectivity index (χ4n) is 3.02. The van der Waals surface area contributed by atoms with Gasteiger partial charge in [-0.25, -0.2) is 4.39 Å². The molecule has 0 aliphatic carbocycles. The van der Waals surface area contributed by atoms with Crippen LogP contribution in [-0.2, 0) is 4.79 Å². The maximum absolute atomic E-state index is 13.5. The highest BCUT2D eigenvalue weighted by Crippen LogP contribution is 2.43. The molecule has 3 heterocycles. The lowest BCUT2D eigenvalue weighted by Crippen LogP contribution is -2.31. The molecule has 1 amide bonds. The molecule has 1 N–H and O–H groups in total. The fraction of sp³-hybridized carbons (Fsp3) is 0.100. The first-order chi connectivity index (χ1) is 14.5. The number of benzene rings is 1. The van der Waals surface area contributed by atoms with E-state index >= 15 is 0 Å². The molecule has 2 aromatic heterocycles. The minimum atomic E-state index is -1.01. The number of carbonyl (C=O) groups excluding carboxylic acids is 2. The number of furan rings is 1. The number of Topliss-reactive ketones (excluding diaryl/α,β-unsaturated/α-hetero) is 1. The summed E-state index contributed by atoms with van der Waals surface area (Å²) in [6.07, 6.45) is 3.03. The second-order valence-electron chi connectivity index (χ2n) is 6.15. The van der Waals surface area contributed by atoms with Gasteiger partial charge in [-0.05, 0) is 29.8 Å². The Balaban J connectivity index is 1.80. The zero-order valence-electron chi connectivity index (χ0n) is 15.3. The summed E-state index contributed by atoms with van der Waals surface area (Å²) < 4.78 is 19.3. The molecule has 0 unspecified atom stereocenters. The number of amides is 1. The molecule has 1 aliphatic rings. The number of nitrogens with zero attached hydrogens (tertiary/aromatic N) is 3. The van der Waals surface area contributed by atoms with E-state index in [4.69, 9.17) is 4.42 Å². The number of aliphatic hydroxyl groups excluding tert-OH is 1. The van der Waals surface area contributed by atoms with Crippen molar-refractivity contribution in [3.05, 3.63) is 83.8 Å². The van der Waals surface area contributed by atoms with Crippen LogP contribution in [0.5, 0.6) is 0 Å². The number of aromatic nitrogens is 2. The number of carbonyl (C=O) groups is 2. The van der Waals surface area contributed by atoms with Gasteiger partial charge in [0.2, 0.25) is 10.9 Å². The van der Waals surface area contributed by atoms with Gasteiger partial charge in [-0.3, -0.25) is 14.5 Å². The summed E-state index contributed by atoms with van der Waals surface area (Å²) in [5.41, 5.74) is 0.260. The Hall–Kier alpha value is -3.24. The van der Waals surface area contributed by atoms with Crippen LogP contribution in [-0.4, -0.2) is 32.7 Å². The molecule has 10 heteroatoms. The molecular formula is C20H14FN3O4S2. The van der Waals surface area contributed by atoms with E-state index in [2.05, 4.69) is 16.8 Å². The Morgan fingerprint density at radius 3 is 2.77 bits per heavy atom. The summed E-state index contributed by atoms with van der Waals surface area (Å²) in [7, 11) is 0. The molecule has 152 valence electrons. The maximum Gasteiger partial charge on any atom is 0.296 e. The van der Waals surface area contributed by atoms with Crippen molar-refractivity contribution in [2.24, 2.45) is 0 Å². The van der Waals surface area contributed by atoms with E-state index in [0.29, 0.717) is 15.7 Å². The molecular weight excluding hydrogens is 429 g/mol. The Morgan fingerprint density at radius 1 is 1.33 bits per heavy atom. The molecule has 1 aromatic carbocycles. The number of hydrogen-bond acceptors (Lipinski definition) is 8. The number of aliphatic hydroxyl groups is 1. The molecule has 0 radical (unpaired) electrons. The van der Waals surface area contributed by atoms with Crippen LogP contribution < -0.4 is 4.90 Å². The van der Waals surface area contributed by atoms with Crippen molar-refractivity contribution < 1.29 is 23.5 Å². The van der Waals surface area contributed by atoms with E-state index in [-0.39, 0.29) is 16.5 Å². The molecule has 0 spiro atoms. The van der Waals surface area contributed by atoms with Gasteiger partial charge in [-0.1, -0.05) is 41.3 Å². The second kappa shape index (κ2) is 8.25. The van der Waals surface area contributed by atoms with E-state index in [1.165, 1.54) is 59.3 Å². The summed E-state index contributed by atoms with van der Waals surface area (Å²) in [6, 6.07) is 7.28. The SMILES string of the molecule is C=CCSc1nnc(N2C(=O)C(O)=C(C(=O)c3ccco3)[C@H]2c2ccc(F)cc2)s1. The zero-order valence-corrected chi connectivity index (χ0v) is 17.0. The van der Waals surface area contributed by atoms with Crippen molar-refractivity contribution in [2.45, 2.75) is 10.4 Å². The third-order valence-electron chi connectivity index (χ3n) is 4.31. The van der Waals surface area contributed by atoms with Crippen molar-refractivity contribution in [1.82, 2.24) is 10.2 Å². The third kappa shape index (κ3) is 3.55. The summed E-state index contributed by atoms with van der Waals surface area (Å²) in [6.45, 7) is 3.65. The van der Waals surface area contributed by atoms with Crippen LogP contribution in [0.15, 0.2) is 75.4 Å². The van der Waals surface area contributed by atoms with Gasteiger partial charge in [0.05, 0.1) is 17.9 Å². The van der Waals surface area contributed by atoms with Crippen molar-refractivity contribution in [3.63, 3.8) is 0 Å². The molecule has 0 saturated carbocycles. The number of hydrogen-bond donors (Lipinski definition) is 1. The fourth-order valence-corrected chi connectivity index (χ4v) is 4.65. The predicted molar refractivity (Wildman–Crippen MR) is 110 cm³/mol. The normalized spacial score (nSPS) is 16.4. The van der Waals surface area contributed by atoms with Crippen LogP contribution in [0.4, 0.5) is 9.52 Å². The summed E-state index contributed by atoms with van der Waals surface area (Å²) in [5, 5.41) is 18.9. The summed E-state index contributed by atoms with van der Waals surface area (Å²) in [5.74, 6) is -2.04. The van der Waals surface area contributed by atoms with Gasteiger partial charge in [-0.15, -0.1) is 16.8 Å². The molecule has 4 rings (SSSR count). The van der Waals surface area contributed by atoms with Crippen molar-refractivity contribution in [1.29, 1.82) is 0 Å². The lowest BCUT2D eigenvalue weighted by molar-refractivity contribution is -0.117. The number of ketones is 1. The highest BCUT2D eigenvalue weighted by Gasteiger charge is 2.46.